The number of aromatic nitrogens is 4. The molecule has 3 aromatic heterocycles. The molecule has 0 fully saturated rings. The predicted octanol–water partition coefficient (Wildman–Crippen LogP) is 3.65. The van der Waals surface area contributed by atoms with E-state index in [1.54, 1.807) is 53.2 Å². The van der Waals surface area contributed by atoms with Crippen molar-refractivity contribution in [2.24, 2.45) is 0 Å². The number of nitrogens with one attached hydrogen (secondary N) is 1. The average Bonchev–Trinajstić information content (AvgIpc) is 3.28. The molecule has 1 aromatic carbocycles. The van der Waals surface area contributed by atoms with Crippen LogP contribution in [0.15, 0.2) is 61.1 Å². The van der Waals surface area contributed by atoms with E-state index in [9.17, 15) is 9.59 Å². The Morgan fingerprint density at radius 1 is 1.16 bits per heavy atom. The smallest absolute Gasteiger partial charge is 0.258 e. The number of anilines is 1. The second kappa shape index (κ2) is 11.9. The van der Waals surface area contributed by atoms with Crippen LogP contribution in [0.1, 0.15) is 45.2 Å². The maximum absolute atomic E-state index is 13.3. The van der Waals surface area contributed by atoms with Crippen LogP contribution in [0.4, 0.5) is 5.95 Å². The van der Waals surface area contributed by atoms with E-state index in [-0.39, 0.29) is 5.91 Å². The Hall–Kier alpha value is -4.62. The molecule has 0 aliphatic rings. The summed E-state index contributed by atoms with van der Waals surface area (Å²) in [5, 5.41) is 12.0. The van der Waals surface area contributed by atoms with E-state index in [1.165, 1.54) is 12.3 Å². The van der Waals surface area contributed by atoms with Gasteiger partial charge >= 0.3 is 0 Å². The molecule has 0 bridgehead atoms. The Kier molecular flexibility index (Phi) is 8.18. The first-order valence-electron chi connectivity index (χ1n) is 11.9. The molecule has 0 aliphatic heterocycles. The normalized spacial score (nSPS) is 10.7. The summed E-state index contributed by atoms with van der Waals surface area (Å²) in [6.45, 7) is 3.92. The van der Waals surface area contributed by atoms with E-state index < -0.39 is 5.91 Å². The number of nitriles is 1. The zero-order valence-corrected chi connectivity index (χ0v) is 20.7. The molecule has 10 nitrogen and oxygen atoms in total. The molecule has 3 heterocycles. The van der Waals surface area contributed by atoms with Crippen LogP contribution in [0.25, 0.3) is 11.2 Å². The van der Waals surface area contributed by atoms with Gasteiger partial charge in [0.25, 0.3) is 11.8 Å². The number of methoxy groups -OCH3 is 1. The first-order chi connectivity index (χ1) is 18.0. The maximum atomic E-state index is 13.3. The Morgan fingerprint density at radius 3 is 2.70 bits per heavy atom. The summed E-state index contributed by atoms with van der Waals surface area (Å²) in [7, 11) is 1.62. The average molecular weight is 498 g/mol. The highest BCUT2D eigenvalue weighted by Gasteiger charge is 2.20. The summed E-state index contributed by atoms with van der Waals surface area (Å²) in [6.07, 6.45) is 5.61. The number of aryl methyl sites for hydroxylation is 1. The minimum atomic E-state index is -0.397. The molecule has 0 aliphatic carbocycles. The molecule has 1 N–H and O–H groups in total. The number of pyridine rings is 2. The Labute approximate surface area is 214 Å². The summed E-state index contributed by atoms with van der Waals surface area (Å²) in [4.78, 5) is 41.1. The van der Waals surface area contributed by atoms with Crippen LogP contribution in [0.5, 0.6) is 0 Å². The van der Waals surface area contributed by atoms with Crippen molar-refractivity contribution in [3.8, 4) is 6.07 Å². The summed E-state index contributed by atoms with van der Waals surface area (Å²) in [5.41, 5.74) is 3.15. The van der Waals surface area contributed by atoms with Crippen molar-refractivity contribution in [2.45, 2.75) is 26.4 Å². The number of benzene rings is 1. The van der Waals surface area contributed by atoms with Crippen molar-refractivity contribution in [1.29, 1.82) is 5.26 Å². The first-order valence-corrected chi connectivity index (χ1v) is 11.9. The Morgan fingerprint density at radius 2 is 1.97 bits per heavy atom. The van der Waals surface area contributed by atoms with Gasteiger partial charge in [-0.3, -0.25) is 24.5 Å². The molecule has 188 valence electrons. The third kappa shape index (κ3) is 5.97. The van der Waals surface area contributed by atoms with Gasteiger partial charge in [-0.05, 0) is 55.3 Å². The Balaban J connectivity index is 1.64. The lowest BCUT2D eigenvalue weighted by atomic mass is 10.1. The number of imidazole rings is 1. The number of carbonyl (C=O) groups is 2. The van der Waals surface area contributed by atoms with E-state index in [4.69, 9.17) is 10.00 Å². The van der Waals surface area contributed by atoms with Gasteiger partial charge in [0.15, 0.2) is 5.65 Å². The number of hydrogen-bond donors (Lipinski definition) is 1. The fourth-order valence-electron chi connectivity index (χ4n) is 3.92. The van der Waals surface area contributed by atoms with Gasteiger partial charge in [0.2, 0.25) is 5.95 Å². The predicted molar refractivity (Wildman–Crippen MR) is 138 cm³/mol. The fourth-order valence-corrected chi connectivity index (χ4v) is 3.92. The number of rotatable bonds is 10. The van der Waals surface area contributed by atoms with Gasteiger partial charge in [-0.1, -0.05) is 6.07 Å². The number of fused-ring (bicyclic) bond motifs is 1. The van der Waals surface area contributed by atoms with Gasteiger partial charge in [-0.25, -0.2) is 9.97 Å². The lowest BCUT2D eigenvalue weighted by Gasteiger charge is -2.20. The van der Waals surface area contributed by atoms with Crippen molar-refractivity contribution in [3.05, 3.63) is 83.3 Å². The van der Waals surface area contributed by atoms with Crippen molar-refractivity contribution >= 4 is 28.9 Å². The molecular formula is C27H27N7O3. The molecule has 0 saturated carbocycles. The standard InChI is InChI=1S/C27H27N7O3/c1-3-33(18-19-8-10-29-11-9-19)26(36)22-15-23-24(30-17-22)34(12-5-13-37-2)27(31-23)32-25(35)21-7-4-6-20(14-21)16-28/h4,6-11,14-15,17H,3,5,12-13,18H2,1-2H3,(H,31,32,35). The molecule has 0 saturated heterocycles. The van der Waals surface area contributed by atoms with Gasteiger partial charge < -0.3 is 9.64 Å². The van der Waals surface area contributed by atoms with Gasteiger partial charge in [0.1, 0.15) is 5.52 Å². The van der Waals surface area contributed by atoms with E-state index >= 15 is 0 Å². The van der Waals surface area contributed by atoms with Crippen LogP contribution in [0, 0.1) is 11.3 Å². The number of nitrogens with zero attached hydrogens (tertiary/aromatic N) is 6. The quantitative estimate of drug-likeness (QED) is 0.331. The van der Waals surface area contributed by atoms with Crippen LogP contribution in [-0.2, 0) is 17.8 Å². The molecule has 4 rings (SSSR count). The molecule has 0 radical (unpaired) electrons. The Bertz CT molecular complexity index is 1440. The molecule has 0 atom stereocenters. The van der Waals surface area contributed by atoms with Crippen molar-refractivity contribution in [2.75, 3.05) is 25.6 Å². The van der Waals surface area contributed by atoms with E-state index in [0.29, 0.717) is 66.5 Å². The van der Waals surface area contributed by atoms with Crippen LogP contribution >= 0.6 is 0 Å². The highest BCUT2D eigenvalue weighted by Crippen LogP contribution is 2.22. The third-order valence-electron chi connectivity index (χ3n) is 5.83. The maximum Gasteiger partial charge on any atom is 0.258 e. The molecule has 0 spiro atoms. The highest BCUT2D eigenvalue weighted by atomic mass is 16.5. The SMILES string of the molecule is CCN(Cc1ccncc1)C(=O)c1cnc2c(c1)nc(NC(=O)c1cccc(C#N)c1)n2CCCOC. The second-order valence-electron chi connectivity index (χ2n) is 8.32. The lowest BCUT2D eigenvalue weighted by molar-refractivity contribution is 0.0752. The van der Waals surface area contributed by atoms with Crippen molar-refractivity contribution < 1.29 is 14.3 Å². The molecule has 4 aromatic rings. The number of hydrogen-bond acceptors (Lipinski definition) is 7. The summed E-state index contributed by atoms with van der Waals surface area (Å²) in [5.74, 6) is -0.257. The minimum Gasteiger partial charge on any atom is -0.385 e. The van der Waals surface area contributed by atoms with Crippen LogP contribution in [-0.4, -0.2) is 56.5 Å². The molecular weight excluding hydrogens is 470 g/mol. The molecule has 10 heteroatoms. The van der Waals surface area contributed by atoms with Gasteiger partial charge in [-0.2, -0.15) is 5.26 Å². The van der Waals surface area contributed by atoms with Gasteiger partial charge in [0, 0.05) is 57.5 Å². The number of amides is 2. The topological polar surface area (TPSA) is 126 Å². The summed E-state index contributed by atoms with van der Waals surface area (Å²) < 4.78 is 6.97. The van der Waals surface area contributed by atoms with E-state index in [2.05, 4.69) is 20.3 Å². The van der Waals surface area contributed by atoms with Crippen LogP contribution in [0.2, 0.25) is 0 Å². The summed E-state index contributed by atoms with van der Waals surface area (Å²) in [6, 6.07) is 13.9. The molecule has 2 amide bonds. The van der Waals surface area contributed by atoms with Crippen LogP contribution in [0.3, 0.4) is 0 Å². The monoisotopic (exact) mass is 497 g/mol. The minimum absolute atomic E-state index is 0.165. The number of carbonyl (C=O) groups excluding carboxylic acids is 2. The zero-order valence-electron chi connectivity index (χ0n) is 20.7. The fraction of sp³-hybridized carbons (Fsp3) is 0.259. The highest BCUT2D eigenvalue weighted by molar-refractivity contribution is 6.04. The van der Waals surface area contributed by atoms with Crippen LogP contribution < -0.4 is 5.32 Å². The third-order valence-corrected chi connectivity index (χ3v) is 5.83. The molecule has 37 heavy (non-hydrogen) atoms. The zero-order chi connectivity index (χ0) is 26.2. The van der Waals surface area contributed by atoms with E-state index in [1.807, 2.05) is 25.1 Å². The second-order valence-corrected chi connectivity index (χ2v) is 8.32. The van der Waals surface area contributed by atoms with Crippen molar-refractivity contribution in [1.82, 2.24) is 24.4 Å². The van der Waals surface area contributed by atoms with Gasteiger partial charge in [0.05, 0.1) is 17.2 Å². The van der Waals surface area contributed by atoms with E-state index in [0.717, 1.165) is 5.56 Å². The number of ether oxygens (including phenoxy) is 1. The largest absolute Gasteiger partial charge is 0.385 e. The lowest BCUT2D eigenvalue weighted by Crippen LogP contribution is -2.30. The summed E-state index contributed by atoms with van der Waals surface area (Å²) >= 11 is 0. The molecule has 0 unspecified atom stereocenters. The van der Waals surface area contributed by atoms with Gasteiger partial charge in [-0.15, -0.1) is 0 Å². The first kappa shape index (κ1) is 25.5. The van der Waals surface area contributed by atoms with Crippen molar-refractivity contribution in [3.63, 3.8) is 0 Å².